The number of phenols is 1. The minimum Gasteiger partial charge on any atom is -0.506 e. The Morgan fingerprint density at radius 1 is 1.15 bits per heavy atom. The van der Waals surface area contributed by atoms with Gasteiger partial charge in [-0.1, -0.05) is 18.2 Å². The van der Waals surface area contributed by atoms with Crippen molar-refractivity contribution < 1.29 is 9.90 Å². The Hall–Kier alpha value is -2.60. The highest BCUT2D eigenvalue weighted by molar-refractivity contribution is 5.81. The first kappa shape index (κ1) is 19.2. The second-order valence-electron chi connectivity index (χ2n) is 7.16. The lowest BCUT2D eigenvalue weighted by atomic mass is 10.2. The Morgan fingerprint density at radius 3 is 2.52 bits per heavy atom. The van der Waals surface area contributed by atoms with Crippen LogP contribution in [0.4, 0.5) is 5.69 Å². The number of aromatic nitrogens is 1. The third-order valence-corrected chi connectivity index (χ3v) is 5.19. The van der Waals surface area contributed by atoms with Crippen LogP contribution in [0.3, 0.4) is 0 Å². The highest BCUT2D eigenvalue weighted by Gasteiger charge is 2.27. The lowest BCUT2D eigenvalue weighted by Gasteiger charge is -2.38. The molecule has 0 saturated carbocycles. The zero-order valence-corrected chi connectivity index (χ0v) is 16.3. The normalized spacial score (nSPS) is 15.9. The number of aromatic hydroxyl groups is 1. The minimum atomic E-state index is -0.205. The van der Waals surface area contributed by atoms with Crippen LogP contribution in [0.5, 0.6) is 5.75 Å². The molecule has 1 aliphatic heterocycles. The van der Waals surface area contributed by atoms with Crippen LogP contribution in [-0.2, 0) is 11.3 Å². The third-order valence-electron chi connectivity index (χ3n) is 5.19. The number of piperazine rings is 1. The van der Waals surface area contributed by atoms with E-state index in [1.165, 1.54) is 0 Å². The van der Waals surface area contributed by atoms with Crippen molar-refractivity contribution in [1.82, 2.24) is 14.8 Å². The maximum absolute atomic E-state index is 12.9. The number of para-hydroxylation sites is 2. The molecule has 1 saturated heterocycles. The molecule has 0 aliphatic carbocycles. The largest absolute Gasteiger partial charge is 0.506 e. The van der Waals surface area contributed by atoms with Gasteiger partial charge in [0.25, 0.3) is 0 Å². The minimum absolute atomic E-state index is 0.141. The summed E-state index contributed by atoms with van der Waals surface area (Å²) in [7, 11) is 1.96. The molecule has 1 fully saturated rings. The molecule has 6 heteroatoms. The molecule has 1 aliphatic rings. The van der Waals surface area contributed by atoms with Crippen LogP contribution in [0.25, 0.3) is 0 Å². The fourth-order valence-corrected chi connectivity index (χ4v) is 3.43. The van der Waals surface area contributed by atoms with Gasteiger partial charge in [-0.15, -0.1) is 0 Å². The Balaban J connectivity index is 1.56. The van der Waals surface area contributed by atoms with Gasteiger partial charge in [0.1, 0.15) is 5.75 Å². The van der Waals surface area contributed by atoms with Crippen molar-refractivity contribution >= 4 is 11.6 Å². The molecule has 27 heavy (non-hydrogen) atoms. The van der Waals surface area contributed by atoms with E-state index >= 15 is 0 Å². The molecule has 0 radical (unpaired) electrons. The number of benzene rings is 1. The van der Waals surface area contributed by atoms with Gasteiger partial charge in [-0.2, -0.15) is 0 Å². The zero-order chi connectivity index (χ0) is 19.4. The predicted molar refractivity (Wildman–Crippen MR) is 107 cm³/mol. The van der Waals surface area contributed by atoms with Crippen LogP contribution in [0.2, 0.25) is 0 Å². The number of carbonyl (C=O) groups is 1. The predicted octanol–water partition coefficient (Wildman–Crippen LogP) is 2.26. The molecule has 2 heterocycles. The zero-order valence-electron chi connectivity index (χ0n) is 16.3. The Kier molecular flexibility index (Phi) is 5.96. The van der Waals surface area contributed by atoms with E-state index in [9.17, 15) is 9.90 Å². The van der Waals surface area contributed by atoms with E-state index < -0.39 is 0 Å². The number of hydrogen-bond donors (Lipinski definition) is 1. The van der Waals surface area contributed by atoms with Gasteiger partial charge in [-0.05, 0) is 45.2 Å². The Bertz CT molecular complexity index is 787. The average Bonchev–Trinajstić information content (AvgIpc) is 2.67. The van der Waals surface area contributed by atoms with Gasteiger partial charge < -0.3 is 14.9 Å². The van der Waals surface area contributed by atoms with Crippen LogP contribution >= 0.6 is 0 Å². The summed E-state index contributed by atoms with van der Waals surface area (Å²) in [6.07, 6.45) is 0. The van der Waals surface area contributed by atoms with Gasteiger partial charge in [0.2, 0.25) is 5.91 Å². The summed E-state index contributed by atoms with van der Waals surface area (Å²) in [6, 6.07) is 13.1. The quantitative estimate of drug-likeness (QED) is 0.877. The van der Waals surface area contributed by atoms with E-state index in [1.54, 1.807) is 6.07 Å². The summed E-state index contributed by atoms with van der Waals surface area (Å²) in [5.74, 6) is 0.429. The topological polar surface area (TPSA) is 59.9 Å². The van der Waals surface area contributed by atoms with Gasteiger partial charge >= 0.3 is 0 Å². The summed E-state index contributed by atoms with van der Waals surface area (Å²) in [5, 5.41) is 10.0. The third kappa shape index (κ3) is 4.57. The molecule has 144 valence electrons. The molecule has 3 rings (SSSR count). The molecule has 0 unspecified atom stereocenters. The van der Waals surface area contributed by atoms with Gasteiger partial charge in [-0.25, -0.2) is 0 Å². The molecule has 1 atom stereocenters. The van der Waals surface area contributed by atoms with E-state index in [1.807, 2.05) is 67.1 Å². The van der Waals surface area contributed by atoms with Crippen molar-refractivity contribution in [1.29, 1.82) is 0 Å². The standard InChI is InChI=1S/C21H28N4O2/c1-16-7-6-8-18(22-16)15-23(3)17(2)21(27)25-13-11-24(12-14-25)19-9-4-5-10-20(19)26/h4-10,17,26H,11-15H2,1-3H3/t17-/m1/s1. The number of aryl methyl sites for hydroxylation is 1. The van der Waals surface area contributed by atoms with Gasteiger partial charge in [0.05, 0.1) is 17.4 Å². The van der Waals surface area contributed by atoms with E-state index in [-0.39, 0.29) is 17.7 Å². The van der Waals surface area contributed by atoms with Crippen molar-refractivity contribution in [2.45, 2.75) is 26.4 Å². The van der Waals surface area contributed by atoms with Crippen LogP contribution in [0.15, 0.2) is 42.5 Å². The maximum Gasteiger partial charge on any atom is 0.239 e. The first-order valence-corrected chi connectivity index (χ1v) is 9.40. The smallest absolute Gasteiger partial charge is 0.239 e. The second kappa shape index (κ2) is 8.39. The second-order valence-corrected chi connectivity index (χ2v) is 7.16. The molecule has 1 N–H and O–H groups in total. The van der Waals surface area contributed by atoms with Crippen LogP contribution in [0, 0.1) is 6.92 Å². The molecule has 1 aromatic heterocycles. The number of hydrogen-bond acceptors (Lipinski definition) is 5. The molecular weight excluding hydrogens is 340 g/mol. The number of likely N-dealkylation sites (N-methyl/N-ethyl adjacent to an activating group) is 1. The fourth-order valence-electron chi connectivity index (χ4n) is 3.43. The summed E-state index contributed by atoms with van der Waals surface area (Å²) < 4.78 is 0. The SMILES string of the molecule is Cc1cccc(CN(C)[C@H](C)C(=O)N2CCN(c3ccccc3O)CC2)n1. The number of rotatable bonds is 5. The van der Waals surface area contributed by atoms with Crippen LogP contribution in [0.1, 0.15) is 18.3 Å². The average molecular weight is 368 g/mol. The van der Waals surface area contributed by atoms with Gasteiger partial charge in [0.15, 0.2) is 0 Å². The first-order valence-electron chi connectivity index (χ1n) is 9.40. The number of pyridine rings is 1. The van der Waals surface area contributed by atoms with Gasteiger partial charge in [-0.3, -0.25) is 14.7 Å². The lowest BCUT2D eigenvalue weighted by molar-refractivity contribution is -0.136. The molecule has 0 spiro atoms. The Morgan fingerprint density at radius 2 is 1.85 bits per heavy atom. The molecule has 1 amide bonds. The molecular formula is C21H28N4O2. The van der Waals surface area contributed by atoms with E-state index in [4.69, 9.17) is 0 Å². The molecule has 2 aromatic rings. The van der Waals surface area contributed by atoms with Crippen LogP contribution < -0.4 is 4.90 Å². The number of phenolic OH excluding ortho intramolecular Hbond substituents is 1. The van der Waals surface area contributed by atoms with Crippen molar-refractivity contribution in [3.8, 4) is 5.75 Å². The van der Waals surface area contributed by atoms with Crippen molar-refractivity contribution in [3.63, 3.8) is 0 Å². The highest BCUT2D eigenvalue weighted by atomic mass is 16.3. The van der Waals surface area contributed by atoms with Gasteiger partial charge in [0, 0.05) is 38.4 Å². The molecule has 6 nitrogen and oxygen atoms in total. The van der Waals surface area contributed by atoms with E-state index in [0.717, 1.165) is 30.2 Å². The lowest BCUT2D eigenvalue weighted by Crippen LogP contribution is -2.53. The molecule has 0 bridgehead atoms. The fraction of sp³-hybridized carbons (Fsp3) is 0.429. The highest BCUT2D eigenvalue weighted by Crippen LogP contribution is 2.27. The van der Waals surface area contributed by atoms with Crippen LogP contribution in [-0.4, -0.2) is 65.1 Å². The maximum atomic E-state index is 12.9. The number of nitrogens with zero attached hydrogens (tertiary/aromatic N) is 4. The summed E-state index contributed by atoms with van der Waals surface area (Å²) >= 11 is 0. The Labute approximate surface area is 161 Å². The summed E-state index contributed by atoms with van der Waals surface area (Å²) in [5.41, 5.74) is 2.79. The van der Waals surface area contributed by atoms with Crippen molar-refractivity contribution in [2.24, 2.45) is 0 Å². The number of anilines is 1. The molecule has 1 aromatic carbocycles. The summed E-state index contributed by atoms with van der Waals surface area (Å²) in [6.45, 7) is 7.34. The number of amides is 1. The first-order chi connectivity index (χ1) is 13.0. The summed E-state index contributed by atoms with van der Waals surface area (Å²) in [4.78, 5) is 23.5. The van der Waals surface area contributed by atoms with Crippen molar-refractivity contribution in [3.05, 3.63) is 53.9 Å². The number of carbonyl (C=O) groups excluding carboxylic acids is 1. The monoisotopic (exact) mass is 368 g/mol. The van der Waals surface area contributed by atoms with E-state index in [0.29, 0.717) is 19.6 Å². The van der Waals surface area contributed by atoms with Crippen molar-refractivity contribution in [2.75, 3.05) is 38.1 Å². The van der Waals surface area contributed by atoms with E-state index in [2.05, 4.69) is 9.88 Å².